The average Bonchev–Trinajstić information content (AvgIpc) is 2.97. The zero-order valence-electron chi connectivity index (χ0n) is 21.3. The molecule has 0 atom stereocenters. The zero-order valence-corrected chi connectivity index (χ0v) is 21.3. The fourth-order valence-corrected chi connectivity index (χ4v) is 3.95. The van der Waals surface area contributed by atoms with Crippen molar-refractivity contribution in [2.45, 2.75) is 12.7 Å². The number of carboxylic acids is 1. The molecule has 0 saturated heterocycles. The first-order valence-corrected chi connectivity index (χ1v) is 12.2. The molecule has 4 aromatic carbocycles. The Morgan fingerprint density at radius 2 is 1.56 bits per heavy atom. The van der Waals surface area contributed by atoms with Crippen LogP contribution in [0, 0.1) is 5.82 Å². The number of aromatic carboxylic acids is 1. The second-order valence-electron chi connectivity index (χ2n) is 8.81. The van der Waals surface area contributed by atoms with Gasteiger partial charge in [-0.3, -0.25) is 9.78 Å². The SMILES string of the molecule is NCc1ccccc1F.O=C(O)c1cnc2cc(NC(=O)c3ccccc3-c3ccc(C(F)(F)F)cc3)ccc2c1. The fourth-order valence-electron chi connectivity index (χ4n) is 3.95. The van der Waals surface area contributed by atoms with Crippen LogP contribution in [0.4, 0.5) is 23.2 Å². The first-order valence-electron chi connectivity index (χ1n) is 12.2. The van der Waals surface area contributed by atoms with Crippen molar-refractivity contribution in [1.29, 1.82) is 0 Å². The highest BCUT2D eigenvalue weighted by Crippen LogP contribution is 2.32. The molecular weight excluding hydrogens is 538 g/mol. The molecule has 0 bridgehead atoms. The monoisotopic (exact) mass is 561 g/mol. The first kappa shape index (κ1) is 28.9. The van der Waals surface area contributed by atoms with Crippen molar-refractivity contribution in [3.63, 3.8) is 0 Å². The molecule has 41 heavy (non-hydrogen) atoms. The van der Waals surface area contributed by atoms with Crippen LogP contribution in [-0.2, 0) is 12.7 Å². The highest BCUT2D eigenvalue weighted by atomic mass is 19.4. The molecule has 10 heteroatoms. The number of rotatable bonds is 5. The van der Waals surface area contributed by atoms with E-state index in [0.717, 1.165) is 12.1 Å². The Morgan fingerprint density at radius 3 is 2.20 bits per heavy atom. The topological polar surface area (TPSA) is 105 Å². The van der Waals surface area contributed by atoms with Crippen LogP contribution < -0.4 is 11.1 Å². The number of carboxylic acid groups (broad SMARTS) is 1. The van der Waals surface area contributed by atoms with Crippen LogP contribution in [0.1, 0.15) is 31.8 Å². The van der Waals surface area contributed by atoms with Crippen LogP contribution in [0.15, 0.2) is 103 Å². The average molecular weight is 562 g/mol. The molecule has 5 rings (SSSR count). The molecule has 5 aromatic rings. The summed E-state index contributed by atoms with van der Waals surface area (Å²) in [6.45, 7) is 0.271. The van der Waals surface area contributed by atoms with Gasteiger partial charge in [0.25, 0.3) is 5.91 Å². The number of benzene rings is 4. The summed E-state index contributed by atoms with van der Waals surface area (Å²) in [6.07, 6.45) is -3.21. The number of hydrogen-bond acceptors (Lipinski definition) is 4. The number of amides is 1. The molecule has 0 aliphatic heterocycles. The maximum absolute atomic E-state index is 12.9. The van der Waals surface area contributed by atoms with Crippen LogP contribution in [0.2, 0.25) is 0 Å². The van der Waals surface area contributed by atoms with Gasteiger partial charge in [-0.2, -0.15) is 13.2 Å². The lowest BCUT2D eigenvalue weighted by molar-refractivity contribution is -0.137. The highest BCUT2D eigenvalue weighted by molar-refractivity contribution is 6.09. The number of alkyl halides is 3. The molecule has 0 saturated carbocycles. The van der Waals surface area contributed by atoms with E-state index in [-0.39, 0.29) is 17.9 Å². The third kappa shape index (κ3) is 7.11. The van der Waals surface area contributed by atoms with Gasteiger partial charge in [0.15, 0.2) is 0 Å². The summed E-state index contributed by atoms with van der Waals surface area (Å²) in [7, 11) is 0. The summed E-state index contributed by atoms with van der Waals surface area (Å²) in [5.74, 6) is -1.75. The van der Waals surface area contributed by atoms with Crippen molar-refractivity contribution in [1.82, 2.24) is 4.98 Å². The van der Waals surface area contributed by atoms with Gasteiger partial charge in [0.05, 0.1) is 16.6 Å². The van der Waals surface area contributed by atoms with E-state index in [9.17, 15) is 27.2 Å². The molecule has 0 aliphatic rings. The van der Waals surface area contributed by atoms with Crippen molar-refractivity contribution in [3.8, 4) is 11.1 Å². The van der Waals surface area contributed by atoms with Crippen molar-refractivity contribution in [3.05, 3.63) is 131 Å². The van der Waals surface area contributed by atoms with E-state index in [1.807, 2.05) is 0 Å². The number of nitrogens with one attached hydrogen (secondary N) is 1. The lowest BCUT2D eigenvalue weighted by atomic mass is 9.98. The van der Waals surface area contributed by atoms with Crippen LogP contribution >= 0.6 is 0 Å². The largest absolute Gasteiger partial charge is 0.478 e. The molecule has 4 N–H and O–H groups in total. The summed E-state index contributed by atoms with van der Waals surface area (Å²) >= 11 is 0. The quantitative estimate of drug-likeness (QED) is 0.198. The summed E-state index contributed by atoms with van der Waals surface area (Å²) in [5, 5.41) is 12.4. The molecule has 0 spiro atoms. The normalized spacial score (nSPS) is 11.0. The van der Waals surface area contributed by atoms with Crippen LogP contribution in [0.3, 0.4) is 0 Å². The van der Waals surface area contributed by atoms with E-state index in [0.29, 0.717) is 38.8 Å². The molecule has 1 aromatic heterocycles. The van der Waals surface area contributed by atoms with E-state index in [1.165, 1.54) is 30.5 Å². The first-order chi connectivity index (χ1) is 19.6. The Labute approximate surface area is 232 Å². The van der Waals surface area contributed by atoms with Gasteiger partial charge in [0.1, 0.15) is 5.82 Å². The minimum atomic E-state index is -4.44. The van der Waals surface area contributed by atoms with Crippen LogP contribution in [0.25, 0.3) is 22.0 Å². The van der Waals surface area contributed by atoms with Gasteiger partial charge in [0.2, 0.25) is 0 Å². The lowest BCUT2D eigenvalue weighted by Crippen LogP contribution is -2.13. The summed E-state index contributed by atoms with van der Waals surface area (Å²) in [4.78, 5) is 28.1. The van der Waals surface area contributed by atoms with E-state index in [4.69, 9.17) is 10.8 Å². The van der Waals surface area contributed by atoms with Crippen molar-refractivity contribution in [2.75, 3.05) is 5.32 Å². The van der Waals surface area contributed by atoms with Crippen LogP contribution in [0.5, 0.6) is 0 Å². The smallest absolute Gasteiger partial charge is 0.416 e. The number of carbonyl (C=O) groups excluding carboxylic acids is 1. The fraction of sp³-hybridized carbons (Fsp3) is 0.0645. The maximum atomic E-state index is 12.9. The number of nitrogens with zero attached hydrogens (tertiary/aromatic N) is 1. The molecular formula is C31H23F4N3O3. The Hall–Kier alpha value is -5.09. The molecule has 1 amide bonds. The molecule has 0 fully saturated rings. The van der Waals surface area contributed by atoms with Gasteiger partial charge in [-0.05, 0) is 53.6 Å². The summed E-state index contributed by atoms with van der Waals surface area (Å²) < 4.78 is 51.0. The van der Waals surface area contributed by atoms with E-state index in [2.05, 4.69) is 10.3 Å². The predicted octanol–water partition coefficient (Wildman–Crippen LogP) is 7.16. The standard InChI is InChI=1S/C24H15F3N2O3.C7H8FN/c25-24(26,27)17-8-5-14(6-9-17)19-3-1-2-4-20(19)22(30)29-18-10-7-15-11-16(23(31)32)13-28-21(15)12-18;8-7-4-2-1-3-6(7)5-9/h1-13H,(H,29,30)(H,31,32);1-4H,5,9H2. The number of fused-ring (bicyclic) bond motifs is 1. The van der Waals surface area contributed by atoms with Crippen molar-refractivity contribution in [2.24, 2.45) is 5.73 Å². The maximum Gasteiger partial charge on any atom is 0.416 e. The number of carbonyl (C=O) groups is 2. The number of halogens is 4. The second-order valence-corrected chi connectivity index (χ2v) is 8.81. The predicted molar refractivity (Wildman–Crippen MR) is 148 cm³/mol. The number of anilines is 1. The third-order valence-corrected chi connectivity index (χ3v) is 6.06. The minimum absolute atomic E-state index is 0.0553. The molecule has 0 aliphatic carbocycles. The van der Waals surface area contributed by atoms with E-state index in [1.54, 1.807) is 60.7 Å². The summed E-state index contributed by atoms with van der Waals surface area (Å²) in [6, 6.07) is 24.1. The minimum Gasteiger partial charge on any atom is -0.478 e. The molecule has 208 valence electrons. The Morgan fingerprint density at radius 1 is 0.878 bits per heavy atom. The van der Waals surface area contributed by atoms with Gasteiger partial charge in [-0.15, -0.1) is 0 Å². The molecule has 0 unspecified atom stereocenters. The number of nitrogens with two attached hydrogens (primary N) is 1. The van der Waals surface area contributed by atoms with Gasteiger partial charge in [-0.1, -0.05) is 54.6 Å². The van der Waals surface area contributed by atoms with E-state index < -0.39 is 23.6 Å². The highest BCUT2D eigenvalue weighted by Gasteiger charge is 2.30. The van der Waals surface area contributed by atoms with Gasteiger partial charge >= 0.3 is 12.1 Å². The Kier molecular flexibility index (Phi) is 8.74. The Balaban J connectivity index is 0.000000367. The molecule has 6 nitrogen and oxygen atoms in total. The third-order valence-electron chi connectivity index (χ3n) is 6.06. The van der Waals surface area contributed by atoms with Gasteiger partial charge in [-0.25, -0.2) is 9.18 Å². The lowest BCUT2D eigenvalue weighted by Gasteiger charge is -2.12. The van der Waals surface area contributed by atoms with E-state index >= 15 is 0 Å². The van der Waals surface area contributed by atoms with Gasteiger partial charge < -0.3 is 16.2 Å². The van der Waals surface area contributed by atoms with Crippen molar-refractivity contribution < 1.29 is 32.3 Å². The number of pyridine rings is 1. The summed E-state index contributed by atoms with van der Waals surface area (Å²) in [5.41, 5.74) is 7.28. The number of aromatic nitrogens is 1. The molecule has 0 radical (unpaired) electrons. The zero-order chi connectivity index (χ0) is 29.6. The molecule has 1 heterocycles. The van der Waals surface area contributed by atoms with Gasteiger partial charge in [0, 0.05) is 34.9 Å². The second kappa shape index (κ2) is 12.4. The number of hydrogen-bond donors (Lipinski definition) is 3. The van der Waals surface area contributed by atoms with Crippen molar-refractivity contribution >= 4 is 28.5 Å². The Bertz CT molecular complexity index is 1700. The van der Waals surface area contributed by atoms with Crippen LogP contribution in [-0.4, -0.2) is 22.0 Å².